The lowest BCUT2D eigenvalue weighted by Crippen LogP contribution is -2.35. The molecule has 0 spiro atoms. The van der Waals surface area contributed by atoms with Crippen LogP contribution >= 0.6 is 0 Å². The maximum absolute atomic E-state index is 12.2. The molecule has 1 aromatic heterocycles. The SMILES string of the molecule is O=C(CNC1CCCCC1)c1cnc2ccccc2c1. The van der Waals surface area contributed by atoms with E-state index in [1.165, 1.54) is 32.1 Å². The number of carbonyl (C=O) groups excluding carboxylic acids is 1. The highest BCUT2D eigenvalue weighted by Crippen LogP contribution is 2.17. The van der Waals surface area contributed by atoms with Gasteiger partial charge in [-0.3, -0.25) is 9.78 Å². The molecule has 0 radical (unpaired) electrons. The van der Waals surface area contributed by atoms with Crippen molar-refractivity contribution in [2.24, 2.45) is 0 Å². The lowest BCUT2D eigenvalue weighted by atomic mass is 9.95. The second-order valence-corrected chi connectivity index (χ2v) is 5.56. The Morgan fingerprint density at radius 2 is 2.00 bits per heavy atom. The second-order valence-electron chi connectivity index (χ2n) is 5.56. The minimum Gasteiger partial charge on any atom is -0.307 e. The van der Waals surface area contributed by atoms with Crippen LogP contribution < -0.4 is 5.32 Å². The summed E-state index contributed by atoms with van der Waals surface area (Å²) >= 11 is 0. The Morgan fingerprint density at radius 3 is 2.85 bits per heavy atom. The summed E-state index contributed by atoms with van der Waals surface area (Å²) in [6.07, 6.45) is 7.98. The standard InChI is InChI=1S/C17H20N2O/c20-17(12-18-15-7-2-1-3-8-15)14-10-13-6-4-5-9-16(13)19-11-14/h4-6,9-11,15,18H,1-3,7-8,12H2. The molecule has 0 aliphatic heterocycles. The predicted molar refractivity (Wildman–Crippen MR) is 80.9 cm³/mol. The number of nitrogens with zero attached hydrogens (tertiary/aromatic N) is 1. The van der Waals surface area contributed by atoms with Gasteiger partial charge in [-0.25, -0.2) is 0 Å². The molecule has 1 heterocycles. The van der Waals surface area contributed by atoms with Crippen molar-refractivity contribution < 1.29 is 4.79 Å². The van der Waals surface area contributed by atoms with Gasteiger partial charge >= 0.3 is 0 Å². The number of Topliss-reactive ketones (excluding diaryl/α,β-unsaturated/α-hetero) is 1. The molecule has 1 saturated carbocycles. The molecule has 3 heteroatoms. The van der Waals surface area contributed by atoms with E-state index in [2.05, 4.69) is 10.3 Å². The van der Waals surface area contributed by atoms with Crippen molar-refractivity contribution in [3.63, 3.8) is 0 Å². The van der Waals surface area contributed by atoms with Crippen molar-refractivity contribution in [2.75, 3.05) is 6.54 Å². The molecule has 1 aromatic carbocycles. The van der Waals surface area contributed by atoms with E-state index in [0.717, 1.165) is 10.9 Å². The Kier molecular flexibility index (Phi) is 4.07. The number of nitrogens with one attached hydrogen (secondary N) is 1. The third-order valence-corrected chi connectivity index (χ3v) is 4.07. The molecule has 0 amide bonds. The first-order chi connectivity index (χ1) is 9.83. The first-order valence-electron chi connectivity index (χ1n) is 7.44. The molecule has 0 saturated heterocycles. The molecule has 0 bridgehead atoms. The summed E-state index contributed by atoms with van der Waals surface area (Å²) in [6, 6.07) is 10.3. The molecule has 3 rings (SSSR count). The van der Waals surface area contributed by atoms with Gasteiger partial charge in [-0.1, -0.05) is 37.5 Å². The van der Waals surface area contributed by atoms with E-state index >= 15 is 0 Å². The lowest BCUT2D eigenvalue weighted by molar-refractivity contribution is 0.0984. The van der Waals surface area contributed by atoms with Crippen LogP contribution in [-0.4, -0.2) is 23.4 Å². The van der Waals surface area contributed by atoms with Crippen molar-refractivity contribution in [3.8, 4) is 0 Å². The van der Waals surface area contributed by atoms with Crippen LogP contribution in [0.15, 0.2) is 36.5 Å². The van der Waals surface area contributed by atoms with E-state index in [1.54, 1.807) is 6.20 Å². The van der Waals surface area contributed by atoms with Gasteiger partial charge < -0.3 is 5.32 Å². The molecule has 2 aromatic rings. The van der Waals surface area contributed by atoms with Crippen LogP contribution in [0.2, 0.25) is 0 Å². The van der Waals surface area contributed by atoms with E-state index < -0.39 is 0 Å². The monoisotopic (exact) mass is 268 g/mol. The fourth-order valence-electron chi connectivity index (χ4n) is 2.87. The van der Waals surface area contributed by atoms with Gasteiger partial charge in [0.1, 0.15) is 0 Å². The number of carbonyl (C=O) groups is 1. The van der Waals surface area contributed by atoms with Crippen molar-refractivity contribution in [2.45, 2.75) is 38.1 Å². The molecule has 104 valence electrons. The fourth-order valence-corrected chi connectivity index (χ4v) is 2.87. The predicted octanol–water partition coefficient (Wildman–Crippen LogP) is 3.34. The van der Waals surface area contributed by atoms with Crippen molar-refractivity contribution >= 4 is 16.7 Å². The topological polar surface area (TPSA) is 42.0 Å². The number of aromatic nitrogens is 1. The minimum absolute atomic E-state index is 0.133. The molecule has 1 N–H and O–H groups in total. The zero-order valence-corrected chi connectivity index (χ0v) is 11.6. The molecule has 1 fully saturated rings. The maximum Gasteiger partial charge on any atom is 0.178 e. The Labute approximate surface area is 119 Å². The van der Waals surface area contributed by atoms with Crippen LogP contribution in [0, 0.1) is 0 Å². The lowest BCUT2D eigenvalue weighted by Gasteiger charge is -2.22. The summed E-state index contributed by atoms with van der Waals surface area (Å²) in [7, 11) is 0. The summed E-state index contributed by atoms with van der Waals surface area (Å²) in [5.41, 5.74) is 1.64. The Balaban J connectivity index is 1.65. The maximum atomic E-state index is 12.2. The summed E-state index contributed by atoms with van der Waals surface area (Å²) in [6.45, 7) is 0.421. The van der Waals surface area contributed by atoms with Crippen LogP contribution in [0.4, 0.5) is 0 Å². The van der Waals surface area contributed by atoms with E-state index in [0.29, 0.717) is 18.2 Å². The molecule has 20 heavy (non-hydrogen) atoms. The van der Waals surface area contributed by atoms with Gasteiger partial charge in [0.05, 0.1) is 12.1 Å². The molecular formula is C17H20N2O. The van der Waals surface area contributed by atoms with Crippen LogP contribution in [0.25, 0.3) is 10.9 Å². The summed E-state index contributed by atoms with van der Waals surface area (Å²) in [5.74, 6) is 0.133. The number of rotatable bonds is 4. The number of pyridine rings is 1. The normalized spacial score (nSPS) is 16.4. The summed E-state index contributed by atoms with van der Waals surface area (Å²) < 4.78 is 0. The number of benzene rings is 1. The van der Waals surface area contributed by atoms with E-state index in [9.17, 15) is 4.79 Å². The van der Waals surface area contributed by atoms with Gasteiger partial charge in [0.15, 0.2) is 5.78 Å². The van der Waals surface area contributed by atoms with E-state index in [-0.39, 0.29) is 5.78 Å². The van der Waals surface area contributed by atoms with Gasteiger partial charge in [-0.2, -0.15) is 0 Å². The molecule has 1 aliphatic carbocycles. The molecule has 1 aliphatic rings. The van der Waals surface area contributed by atoms with Gasteiger partial charge in [-0.15, -0.1) is 0 Å². The Hall–Kier alpha value is -1.74. The van der Waals surface area contributed by atoms with Gasteiger partial charge in [0, 0.05) is 23.2 Å². The molecule has 3 nitrogen and oxygen atoms in total. The molecular weight excluding hydrogens is 248 g/mol. The number of ketones is 1. The highest BCUT2D eigenvalue weighted by atomic mass is 16.1. The molecule has 0 atom stereocenters. The van der Waals surface area contributed by atoms with Crippen molar-refractivity contribution in [3.05, 3.63) is 42.1 Å². The van der Waals surface area contributed by atoms with Gasteiger partial charge in [0.25, 0.3) is 0 Å². The second kappa shape index (κ2) is 6.14. The van der Waals surface area contributed by atoms with Crippen LogP contribution in [-0.2, 0) is 0 Å². The molecule has 0 unspecified atom stereocenters. The Morgan fingerprint density at radius 1 is 1.20 bits per heavy atom. The van der Waals surface area contributed by atoms with E-state index in [4.69, 9.17) is 0 Å². The van der Waals surface area contributed by atoms with Crippen molar-refractivity contribution in [1.82, 2.24) is 10.3 Å². The fraction of sp³-hybridized carbons (Fsp3) is 0.412. The average Bonchev–Trinajstić information content (AvgIpc) is 2.53. The zero-order chi connectivity index (χ0) is 13.8. The average molecular weight is 268 g/mol. The number of para-hydroxylation sites is 1. The minimum atomic E-state index is 0.133. The van der Waals surface area contributed by atoms with Gasteiger partial charge in [-0.05, 0) is 25.0 Å². The quantitative estimate of drug-likeness (QED) is 0.865. The number of hydrogen-bond acceptors (Lipinski definition) is 3. The summed E-state index contributed by atoms with van der Waals surface area (Å²) in [4.78, 5) is 16.6. The highest BCUT2D eigenvalue weighted by Gasteiger charge is 2.14. The first-order valence-corrected chi connectivity index (χ1v) is 7.44. The highest BCUT2D eigenvalue weighted by molar-refractivity contribution is 6.00. The third kappa shape index (κ3) is 3.05. The third-order valence-electron chi connectivity index (χ3n) is 4.07. The summed E-state index contributed by atoms with van der Waals surface area (Å²) in [5, 5.41) is 4.41. The largest absolute Gasteiger partial charge is 0.307 e. The number of fused-ring (bicyclic) bond motifs is 1. The Bertz CT molecular complexity index is 603. The number of hydrogen-bond donors (Lipinski definition) is 1. The van der Waals surface area contributed by atoms with E-state index in [1.807, 2.05) is 30.3 Å². The zero-order valence-electron chi connectivity index (χ0n) is 11.6. The van der Waals surface area contributed by atoms with Crippen LogP contribution in [0.5, 0.6) is 0 Å². The smallest absolute Gasteiger partial charge is 0.178 e. The van der Waals surface area contributed by atoms with Crippen LogP contribution in [0.1, 0.15) is 42.5 Å². The van der Waals surface area contributed by atoms with Crippen molar-refractivity contribution in [1.29, 1.82) is 0 Å². The van der Waals surface area contributed by atoms with Gasteiger partial charge in [0.2, 0.25) is 0 Å². The first kappa shape index (κ1) is 13.3. The van der Waals surface area contributed by atoms with Crippen LogP contribution in [0.3, 0.4) is 0 Å².